The van der Waals surface area contributed by atoms with Gasteiger partial charge in [0, 0.05) is 18.1 Å². The molecule has 4 nitrogen and oxygen atoms in total. The molecule has 0 atom stereocenters. The van der Waals surface area contributed by atoms with Gasteiger partial charge in [-0.3, -0.25) is 9.59 Å². The van der Waals surface area contributed by atoms with Gasteiger partial charge >= 0.3 is 0 Å². The third kappa shape index (κ3) is 1.93. The second-order valence-electron chi connectivity index (χ2n) is 3.95. The fourth-order valence-corrected chi connectivity index (χ4v) is 1.95. The van der Waals surface area contributed by atoms with E-state index in [2.05, 4.69) is 0 Å². The number of primary amides is 1. The van der Waals surface area contributed by atoms with E-state index in [1.807, 2.05) is 23.6 Å². The van der Waals surface area contributed by atoms with Crippen molar-refractivity contribution < 1.29 is 4.79 Å². The Hall–Kier alpha value is -2.10. The number of carbonyl (C=O) groups is 1. The first-order chi connectivity index (χ1) is 8.15. The Balaban J connectivity index is 2.84. The summed E-state index contributed by atoms with van der Waals surface area (Å²) >= 11 is 0. The van der Waals surface area contributed by atoms with E-state index >= 15 is 0 Å². The molecule has 4 heteroatoms. The van der Waals surface area contributed by atoms with Gasteiger partial charge in [0.2, 0.25) is 5.43 Å². The Kier molecular flexibility index (Phi) is 2.95. The van der Waals surface area contributed by atoms with Gasteiger partial charge in [0.15, 0.2) is 0 Å². The average molecular weight is 230 g/mol. The Morgan fingerprint density at radius 3 is 2.71 bits per heavy atom. The molecule has 0 saturated heterocycles. The summed E-state index contributed by atoms with van der Waals surface area (Å²) < 4.78 is 1.90. The summed E-state index contributed by atoms with van der Waals surface area (Å²) in [6, 6.07) is 7.25. The summed E-state index contributed by atoms with van der Waals surface area (Å²) in [5, 5.41) is 0.539. The lowest BCUT2D eigenvalue weighted by atomic mass is 10.1. The van der Waals surface area contributed by atoms with E-state index in [9.17, 15) is 9.59 Å². The fourth-order valence-electron chi connectivity index (χ4n) is 1.95. The molecular weight excluding hydrogens is 216 g/mol. The highest BCUT2D eigenvalue weighted by molar-refractivity contribution is 5.96. The predicted molar refractivity (Wildman–Crippen MR) is 67.0 cm³/mol. The first kappa shape index (κ1) is 11.4. The van der Waals surface area contributed by atoms with Crippen LogP contribution in [-0.4, -0.2) is 10.5 Å². The van der Waals surface area contributed by atoms with Gasteiger partial charge in [-0.1, -0.05) is 19.1 Å². The second kappa shape index (κ2) is 4.41. The number of nitrogens with two attached hydrogens (primary N) is 1. The maximum absolute atomic E-state index is 12.0. The van der Waals surface area contributed by atoms with Crippen molar-refractivity contribution in [1.82, 2.24) is 4.57 Å². The Morgan fingerprint density at radius 2 is 2.06 bits per heavy atom. The van der Waals surface area contributed by atoms with Crippen LogP contribution < -0.4 is 11.2 Å². The first-order valence-electron chi connectivity index (χ1n) is 5.57. The number of hydrogen-bond acceptors (Lipinski definition) is 2. The molecule has 0 aliphatic heterocycles. The summed E-state index contributed by atoms with van der Waals surface area (Å²) in [5.41, 5.74) is 5.82. The van der Waals surface area contributed by atoms with Crippen LogP contribution in [0.25, 0.3) is 10.9 Å². The van der Waals surface area contributed by atoms with Crippen LogP contribution in [0.2, 0.25) is 0 Å². The van der Waals surface area contributed by atoms with Gasteiger partial charge in [-0.2, -0.15) is 0 Å². The summed E-state index contributed by atoms with van der Waals surface area (Å²) in [5.74, 6) is -0.675. The highest BCUT2D eigenvalue weighted by Crippen LogP contribution is 2.12. The minimum Gasteiger partial charge on any atom is -0.365 e. The van der Waals surface area contributed by atoms with Crippen LogP contribution in [0.15, 0.2) is 35.3 Å². The second-order valence-corrected chi connectivity index (χ2v) is 3.95. The van der Waals surface area contributed by atoms with Crippen LogP contribution in [0.5, 0.6) is 0 Å². The number of carbonyl (C=O) groups excluding carboxylic acids is 1. The van der Waals surface area contributed by atoms with Crippen LogP contribution in [0, 0.1) is 0 Å². The van der Waals surface area contributed by atoms with Gasteiger partial charge in [0.1, 0.15) is 5.56 Å². The minimum absolute atomic E-state index is 0.0529. The third-order valence-electron chi connectivity index (χ3n) is 2.72. The van der Waals surface area contributed by atoms with Gasteiger partial charge in [0.05, 0.1) is 5.52 Å². The van der Waals surface area contributed by atoms with E-state index in [-0.39, 0.29) is 11.0 Å². The number of amides is 1. The van der Waals surface area contributed by atoms with Crippen molar-refractivity contribution in [3.63, 3.8) is 0 Å². The zero-order valence-corrected chi connectivity index (χ0v) is 9.64. The smallest absolute Gasteiger partial charge is 0.254 e. The summed E-state index contributed by atoms with van der Waals surface area (Å²) in [4.78, 5) is 23.2. The Labute approximate surface area is 98.7 Å². The van der Waals surface area contributed by atoms with E-state index < -0.39 is 5.91 Å². The Morgan fingerprint density at radius 1 is 1.35 bits per heavy atom. The van der Waals surface area contributed by atoms with E-state index in [0.717, 1.165) is 18.5 Å². The highest BCUT2D eigenvalue weighted by atomic mass is 16.2. The number of pyridine rings is 1. The number of fused-ring (bicyclic) bond motifs is 1. The topological polar surface area (TPSA) is 65.1 Å². The molecule has 0 unspecified atom stereocenters. The molecule has 0 radical (unpaired) electrons. The van der Waals surface area contributed by atoms with E-state index in [1.54, 1.807) is 18.3 Å². The van der Waals surface area contributed by atoms with Crippen LogP contribution >= 0.6 is 0 Å². The molecule has 2 N–H and O–H groups in total. The SMILES string of the molecule is CCCn1cc(C(N)=O)c(=O)c2ccccc21. The van der Waals surface area contributed by atoms with Gasteiger partial charge in [-0.15, -0.1) is 0 Å². The van der Waals surface area contributed by atoms with Crippen molar-refractivity contribution in [2.75, 3.05) is 0 Å². The Bertz CT molecular complexity index is 629. The molecule has 2 rings (SSSR count). The van der Waals surface area contributed by atoms with Crippen molar-refractivity contribution >= 4 is 16.8 Å². The summed E-state index contributed by atoms with van der Waals surface area (Å²) in [6.45, 7) is 2.79. The van der Waals surface area contributed by atoms with E-state index in [0.29, 0.717) is 5.39 Å². The highest BCUT2D eigenvalue weighted by Gasteiger charge is 2.11. The number of nitrogens with zero attached hydrogens (tertiary/aromatic N) is 1. The van der Waals surface area contributed by atoms with Crippen molar-refractivity contribution in [3.8, 4) is 0 Å². The average Bonchev–Trinajstić information content (AvgIpc) is 2.33. The maximum atomic E-state index is 12.0. The molecule has 0 aliphatic rings. The zero-order chi connectivity index (χ0) is 12.4. The molecule has 1 aromatic carbocycles. The van der Waals surface area contributed by atoms with Gasteiger partial charge in [0.25, 0.3) is 5.91 Å². The number of hydrogen-bond donors (Lipinski definition) is 1. The summed E-state index contributed by atoms with van der Waals surface area (Å²) in [6.07, 6.45) is 2.47. The van der Waals surface area contributed by atoms with Crippen LogP contribution in [0.1, 0.15) is 23.7 Å². The van der Waals surface area contributed by atoms with Crippen LogP contribution in [-0.2, 0) is 6.54 Å². The number of benzene rings is 1. The van der Waals surface area contributed by atoms with Gasteiger partial charge in [-0.05, 0) is 18.6 Å². The molecule has 17 heavy (non-hydrogen) atoms. The summed E-state index contributed by atoms with van der Waals surface area (Å²) in [7, 11) is 0. The standard InChI is InChI=1S/C13H14N2O2/c1-2-7-15-8-10(13(14)17)12(16)9-5-3-4-6-11(9)15/h3-6,8H,2,7H2,1H3,(H2,14,17). The maximum Gasteiger partial charge on any atom is 0.254 e. The normalized spacial score (nSPS) is 10.6. The molecular formula is C13H14N2O2. The van der Waals surface area contributed by atoms with Gasteiger partial charge in [-0.25, -0.2) is 0 Å². The number of aryl methyl sites for hydroxylation is 1. The molecule has 1 heterocycles. The molecule has 0 spiro atoms. The monoisotopic (exact) mass is 230 g/mol. The van der Waals surface area contributed by atoms with Crippen molar-refractivity contribution in [1.29, 1.82) is 0 Å². The lowest BCUT2D eigenvalue weighted by Gasteiger charge is -2.11. The number of para-hydroxylation sites is 1. The minimum atomic E-state index is -0.675. The number of rotatable bonds is 3. The molecule has 1 aromatic heterocycles. The quantitative estimate of drug-likeness (QED) is 0.868. The molecule has 0 fully saturated rings. The molecule has 0 saturated carbocycles. The molecule has 2 aromatic rings. The van der Waals surface area contributed by atoms with Crippen molar-refractivity contribution in [3.05, 3.63) is 46.2 Å². The van der Waals surface area contributed by atoms with Crippen LogP contribution in [0.4, 0.5) is 0 Å². The fraction of sp³-hybridized carbons (Fsp3) is 0.231. The van der Waals surface area contributed by atoms with Crippen LogP contribution in [0.3, 0.4) is 0 Å². The lowest BCUT2D eigenvalue weighted by molar-refractivity contribution is 0.0998. The zero-order valence-electron chi connectivity index (χ0n) is 9.64. The molecule has 88 valence electrons. The first-order valence-corrected chi connectivity index (χ1v) is 5.57. The molecule has 1 amide bonds. The predicted octanol–water partition coefficient (Wildman–Crippen LogP) is 1.51. The molecule has 0 bridgehead atoms. The number of aromatic nitrogens is 1. The molecule has 0 aliphatic carbocycles. The van der Waals surface area contributed by atoms with Crippen molar-refractivity contribution in [2.24, 2.45) is 5.73 Å². The largest absolute Gasteiger partial charge is 0.365 e. The van der Waals surface area contributed by atoms with E-state index in [4.69, 9.17) is 5.73 Å². The van der Waals surface area contributed by atoms with E-state index in [1.165, 1.54) is 0 Å². The third-order valence-corrected chi connectivity index (χ3v) is 2.72. The van der Waals surface area contributed by atoms with Gasteiger partial charge < -0.3 is 10.3 Å². The lowest BCUT2D eigenvalue weighted by Crippen LogP contribution is -2.24. The van der Waals surface area contributed by atoms with Crippen molar-refractivity contribution in [2.45, 2.75) is 19.9 Å².